The van der Waals surface area contributed by atoms with Crippen molar-refractivity contribution in [3.8, 4) is 0 Å². The predicted molar refractivity (Wildman–Crippen MR) is 81.8 cm³/mol. The molecule has 0 radical (unpaired) electrons. The largest absolute Gasteiger partial charge is 0.391 e. The first kappa shape index (κ1) is 17.0. The lowest BCUT2D eigenvalue weighted by atomic mass is 9.92. The van der Waals surface area contributed by atoms with Crippen LogP contribution in [0.2, 0.25) is 0 Å². The van der Waals surface area contributed by atoms with Crippen LogP contribution < -0.4 is 11.1 Å². The average molecular weight is 299 g/mol. The van der Waals surface area contributed by atoms with E-state index in [-0.39, 0.29) is 24.4 Å². The molecular weight excluding hydrogens is 276 g/mol. The number of carbonyl (C=O) groups is 1. The maximum absolute atomic E-state index is 12.1. The summed E-state index contributed by atoms with van der Waals surface area (Å²) in [6, 6.07) is 6.80. The van der Waals surface area contributed by atoms with Gasteiger partial charge in [-0.2, -0.15) is 0 Å². The second kappa shape index (κ2) is 7.62. The highest BCUT2D eigenvalue weighted by molar-refractivity contribution is 5.85. The fraction of sp³-hybridized carbons (Fsp3) is 0.533. The first-order chi connectivity index (χ1) is 9.08. The highest BCUT2D eigenvalue weighted by atomic mass is 35.5. The molecule has 3 atom stereocenters. The van der Waals surface area contributed by atoms with Crippen molar-refractivity contribution in [1.82, 2.24) is 5.32 Å². The number of carbonyl (C=O) groups excluding carboxylic acids is 1. The lowest BCUT2D eigenvalue weighted by Crippen LogP contribution is -2.48. The van der Waals surface area contributed by atoms with Crippen molar-refractivity contribution >= 4 is 18.3 Å². The molecule has 1 aromatic carbocycles. The van der Waals surface area contributed by atoms with Crippen LogP contribution in [0.4, 0.5) is 0 Å². The van der Waals surface area contributed by atoms with E-state index in [9.17, 15) is 9.90 Å². The molecule has 0 spiro atoms. The molecule has 5 heteroatoms. The summed E-state index contributed by atoms with van der Waals surface area (Å²) in [6.07, 6.45) is 3.21. The van der Waals surface area contributed by atoms with Crippen molar-refractivity contribution in [2.45, 2.75) is 50.8 Å². The molecule has 112 valence electrons. The number of benzene rings is 1. The van der Waals surface area contributed by atoms with E-state index in [1.165, 1.54) is 0 Å². The molecule has 0 aliphatic heterocycles. The summed E-state index contributed by atoms with van der Waals surface area (Å²) >= 11 is 0. The molecular formula is C15H23ClN2O2. The minimum absolute atomic E-state index is 0. The third-order valence-electron chi connectivity index (χ3n) is 3.78. The standard InChI is InChI=1S/C15H22N2O2.ClH/c1-10-6-8-11(9-7-10)14(16)15(19)17-12-4-2-3-5-13(12)18;/h6-9,12-14,18H,2-5,16H2,1H3,(H,17,19);1H/t12-,13-,14?;/m0./s1. The van der Waals surface area contributed by atoms with Gasteiger partial charge in [0, 0.05) is 0 Å². The smallest absolute Gasteiger partial charge is 0.241 e. The number of nitrogens with one attached hydrogen (secondary N) is 1. The van der Waals surface area contributed by atoms with Crippen LogP contribution >= 0.6 is 12.4 Å². The number of rotatable bonds is 3. The van der Waals surface area contributed by atoms with Gasteiger partial charge in [0.05, 0.1) is 12.1 Å². The summed E-state index contributed by atoms with van der Waals surface area (Å²) in [5.74, 6) is -0.213. The monoisotopic (exact) mass is 298 g/mol. The number of amides is 1. The SMILES string of the molecule is Cc1ccc(C(N)C(=O)N[C@H]2CCCC[C@@H]2O)cc1.Cl. The third kappa shape index (κ3) is 4.20. The molecule has 1 aromatic rings. The van der Waals surface area contributed by atoms with Crippen LogP contribution in [0.5, 0.6) is 0 Å². The van der Waals surface area contributed by atoms with Gasteiger partial charge in [0.2, 0.25) is 5.91 Å². The highest BCUT2D eigenvalue weighted by Crippen LogP contribution is 2.19. The highest BCUT2D eigenvalue weighted by Gasteiger charge is 2.26. The minimum Gasteiger partial charge on any atom is -0.391 e. The molecule has 1 unspecified atom stereocenters. The predicted octanol–water partition coefficient (Wildman–Crippen LogP) is 1.84. The van der Waals surface area contributed by atoms with E-state index in [0.29, 0.717) is 0 Å². The molecule has 4 nitrogen and oxygen atoms in total. The zero-order chi connectivity index (χ0) is 13.8. The summed E-state index contributed by atoms with van der Waals surface area (Å²) < 4.78 is 0. The average Bonchev–Trinajstić information content (AvgIpc) is 2.41. The van der Waals surface area contributed by atoms with Crippen LogP contribution in [0.3, 0.4) is 0 Å². The molecule has 1 amide bonds. The van der Waals surface area contributed by atoms with Gasteiger partial charge in [0.25, 0.3) is 0 Å². The van der Waals surface area contributed by atoms with Gasteiger partial charge >= 0.3 is 0 Å². The van der Waals surface area contributed by atoms with Crippen LogP contribution in [0, 0.1) is 6.92 Å². The zero-order valence-electron chi connectivity index (χ0n) is 11.7. The number of halogens is 1. The van der Waals surface area contributed by atoms with Crippen molar-refractivity contribution in [2.24, 2.45) is 5.73 Å². The van der Waals surface area contributed by atoms with Crippen LogP contribution in [-0.4, -0.2) is 23.2 Å². The third-order valence-corrected chi connectivity index (χ3v) is 3.78. The number of nitrogens with two attached hydrogens (primary N) is 1. The maximum atomic E-state index is 12.1. The van der Waals surface area contributed by atoms with E-state index in [4.69, 9.17) is 5.73 Å². The Bertz CT molecular complexity index is 436. The Hall–Kier alpha value is -1.10. The number of aryl methyl sites for hydroxylation is 1. The van der Waals surface area contributed by atoms with Crippen LogP contribution in [-0.2, 0) is 4.79 Å². The van der Waals surface area contributed by atoms with Gasteiger partial charge in [-0.05, 0) is 25.3 Å². The first-order valence-electron chi connectivity index (χ1n) is 6.88. The normalized spacial score (nSPS) is 23.6. The molecule has 1 aliphatic carbocycles. The molecule has 1 fully saturated rings. The fourth-order valence-electron chi connectivity index (χ4n) is 2.48. The van der Waals surface area contributed by atoms with Crippen molar-refractivity contribution in [3.63, 3.8) is 0 Å². The molecule has 0 aromatic heterocycles. The summed E-state index contributed by atoms with van der Waals surface area (Å²) in [6.45, 7) is 1.99. The van der Waals surface area contributed by atoms with Crippen molar-refractivity contribution in [1.29, 1.82) is 0 Å². The number of hydrogen-bond acceptors (Lipinski definition) is 3. The molecule has 4 N–H and O–H groups in total. The summed E-state index contributed by atoms with van der Waals surface area (Å²) in [7, 11) is 0. The Kier molecular flexibility index (Phi) is 6.46. The van der Waals surface area contributed by atoms with Gasteiger partial charge in [-0.15, -0.1) is 12.4 Å². The zero-order valence-corrected chi connectivity index (χ0v) is 12.5. The molecule has 2 rings (SSSR count). The second-order valence-electron chi connectivity index (χ2n) is 5.36. The molecule has 20 heavy (non-hydrogen) atoms. The fourth-order valence-corrected chi connectivity index (χ4v) is 2.48. The van der Waals surface area contributed by atoms with E-state index >= 15 is 0 Å². The Morgan fingerprint density at radius 1 is 1.30 bits per heavy atom. The number of aliphatic hydroxyl groups is 1. The summed E-state index contributed by atoms with van der Waals surface area (Å²) in [5, 5.41) is 12.7. The molecule has 0 bridgehead atoms. The van der Waals surface area contributed by atoms with Crippen molar-refractivity contribution in [2.75, 3.05) is 0 Å². The van der Waals surface area contributed by atoms with Crippen molar-refractivity contribution in [3.05, 3.63) is 35.4 Å². The Labute approximate surface area is 126 Å². The lowest BCUT2D eigenvalue weighted by molar-refractivity contribution is -0.124. The molecule has 0 saturated heterocycles. The Morgan fingerprint density at radius 2 is 1.90 bits per heavy atom. The van der Waals surface area contributed by atoms with Gasteiger partial charge in [0.1, 0.15) is 6.04 Å². The quantitative estimate of drug-likeness (QED) is 0.797. The van der Waals surface area contributed by atoms with Gasteiger partial charge in [-0.3, -0.25) is 4.79 Å². The minimum atomic E-state index is -0.672. The first-order valence-corrected chi connectivity index (χ1v) is 6.88. The second-order valence-corrected chi connectivity index (χ2v) is 5.36. The van der Waals surface area contributed by atoms with E-state index < -0.39 is 12.1 Å². The van der Waals surface area contributed by atoms with E-state index in [1.807, 2.05) is 31.2 Å². The van der Waals surface area contributed by atoms with Crippen LogP contribution in [0.15, 0.2) is 24.3 Å². The topological polar surface area (TPSA) is 75.4 Å². The number of hydrogen-bond donors (Lipinski definition) is 3. The van der Waals surface area contributed by atoms with Gasteiger partial charge in [-0.25, -0.2) is 0 Å². The van der Waals surface area contributed by atoms with E-state index in [2.05, 4.69) is 5.32 Å². The van der Waals surface area contributed by atoms with E-state index in [1.54, 1.807) is 0 Å². The van der Waals surface area contributed by atoms with Crippen LogP contribution in [0.1, 0.15) is 42.9 Å². The van der Waals surface area contributed by atoms with Gasteiger partial charge < -0.3 is 16.2 Å². The van der Waals surface area contributed by atoms with Gasteiger partial charge in [0.15, 0.2) is 0 Å². The molecule has 1 saturated carbocycles. The molecule has 1 aliphatic rings. The van der Waals surface area contributed by atoms with Gasteiger partial charge in [-0.1, -0.05) is 42.7 Å². The summed E-state index contributed by atoms with van der Waals surface area (Å²) in [5.41, 5.74) is 7.90. The lowest BCUT2D eigenvalue weighted by Gasteiger charge is -2.29. The van der Waals surface area contributed by atoms with E-state index in [0.717, 1.165) is 36.8 Å². The number of aliphatic hydroxyl groups excluding tert-OH is 1. The Balaban J connectivity index is 0.00000200. The molecule has 0 heterocycles. The summed E-state index contributed by atoms with van der Waals surface area (Å²) in [4.78, 5) is 12.1. The maximum Gasteiger partial charge on any atom is 0.241 e. The van der Waals surface area contributed by atoms with Crippen LogP contribution in [0.25, 0.3) is 0 Å². The Morgan fingerprint density at radius 3 is 2.50 bits per heavy atom. The van der Waals surface area contributed by atoms with Crippen molar-refractivity contribution < 1.29 is 9.90 Å².